The molecule has 1 atom stereocenters. The predicted octanol–water partition coefficient (Wildman–Crippen LogP) is 4.75. The third kappa shape index (κ3) is 5.68. The monoisotopic (exact) mass is 469 g/mol. The first-order valence-electron chi connectivity index (χ1n) is 11.9. The fourth-order valence-electron chi connectivity index (χ4n) is 4.53. The minimum atomic E-state index is -0.389. The molecule has 0 spiro atoms. The number of amides is 2. The number of hydrogen-bond donors (Lipinski definition) is 0. The van der Waals surface area contributed by atoms with Crippen molar-refractivity contribution in [2.24, 2.45) is 0 Å². The summed E-state index contributed by atoms with van der Waals surface area (Å²) in [5, 5.41) is 0.721. The fourth-order valence-corrected chi connectivity index (χ4v) is 4.65. The van der Waals surface area contributed by atoms with Gasteiger partial charge in [-0.1, -0.05) is 37.8 Å². The zero-order valence-corrected chi connectivity index (χ0v) is 20.0. The van der Waals surface area contributed by atoms with Crippen LogP contribution in [0.2, 0.25) is 5.02 Å². The van der Waals surface area contributed by atoms with E-state index in [-0.39, 0.29) is 24.3 Å². The quantitative estimate of drug-likeness (QED) is 0.391. The predicted molar refractivity (Wildman–Crippen MR) is 132 cm³/mol. The molecule has 33 heavy (non-hydrogen) atoms. The summed E-state index contributed by atoms with van der Waals surface area (Å²) in [6.07, 6.45) is 4.85. The summed E-state index contributed by atoms with van der Waals surface area (Å²) in [5.74, 6) is 0.496. The van der Waals surface area contributed by atoms with Crippen molar-refractivity contribution in [3.8, 4) is 5.75 Å². The van der Waals surface area contributed by atoms with Crippen LogP contribution in [0.25, 0.3) is 0 Å². The molecular formula is C26H32ClN3O3. The van der Waals surface area contributed by atoms with E-state index in [0.29, 0.717) is 12.3 Å². The van der Waals surface area contributed by atoms with Crippen LogP contribution in [-0.4, -0.2) is 55.5 Å². The Bertz CT molecular complexity index is 940. The molecule has 2 aliphatic heterocycles. The molecule has 2 aliphatic rings. The van der Waals surface area contributed by atoms with Gasteiger partial charge >= 0.3 is 0 Å². The molecule has 2 fully saturated rings. The van der Waals surface area contributed by atoms with E-state index in [1.807, 2.05) is 36.4 Å². The average molecular weight is 470 g/mol. The lowest BCUT2D eigenvalue weighted by atomic mass is 10.1. The van der Waals surface area contributed by atoms with Gasteiger partial charge in [-0.3, -0.25) is 14.5 Å². The minimum Gasteiger partial charge on any atom is -0.494 e. The van der Waals surface area contributed by atoms with Gasteiger partial charge in [0.25, 0.3) is 5.91 Å². The van der Waals surface area contributed by atoms with Crippen LogP contribution in [0, 0.1) is 0 Å². The zero-order valence-electron chi connectivity index (χ0n) is 19.2. The first-order chi connectivity index (χ1) is 16.1. The van der Waals surface area contributed by atoms with Crippen molar-refractivity contribution in [2.75, 3.05) is 42.6 Å². The minimum absolute atomic E-state index is 0.131. The summed E-state index contributed by atoms with van der Waals surface area (Å²) in [4.78, 5) is 31.7. The Balaban J connectivity index is 1.32. The van der Waals surface area contributed by atoms with Gasteiger partial charge in [0.2, 0.25) is 5.91 Å². The molecule has 6 nitrogen and oxygen atoms in total. The smallest absolute Gasteiger partial charge is 0.251 e. The van der Waals surface area contributed by atoms with E-state index in [0.717, 1.165) is 49.1 Å². The molecule has 7 heteroatoms. The normalized spacial score (nSPS) is 19.4. The molecule has 2 amide bonds. The third-order valence-corrected chi connectivity index (χ3v) is 6.68. The molecule has 0 bridgehead atoms. The number of hydrogen-bond acceptors (Lipinski definition) is 5. The van der Waals surface area contributed by atoms with Gasteiger partial charge in [0, 0.05) is 36.9 Å². The molecular weight excluding hydrogens is 438 g/mol. The highest BCUT2D eigenvalue weighted by atomic mass is 35.5. The van der Waals surface area contributed by atoms with Gasteiger partial charge in [0.1, 0.15) is 5.75 Å². The highest BCUT2D eigenvalue weighted by Crippen LogP contribution is 2.29. The van der Waals surface area contributed by atoms with Gasteiger partial charge < -0.3 is 9.64 Å². The van der Waals surface area contributed by atoms with E-state index in [4.69, 9.17) is 16.3 Å². The molecule has 4 rings (SSSR count). The van der Waals surface area contributed by atoms with Crippen LogP contribution in [0.15, 0.2) is 48.5 Å². The Morgan fingerprint density at radius 1 is 0.879 bits per heavy atom. The molecule has 2 aromatic rings. The Morgan fingerprint density at radius 3 is 2.21 bits per heavy atom. The Kier molecular flexibility index (Phi) is 7.89. The van der Waals surface area contributed by atoms with Crippen molar-refractivity contribution in [3.05, 3.63) is 53.6 Å². The largest absolute Gasteiger partial charge is 0.494 e. The maximum Gasteiger partial charge on any atom is 0.251 e. The summed E-state index contributed by atoms with van der Waals surface area (Å²) in [5.41, 5.74) is 1.74. The van der Waals surface area contributed by atoms with Crippen molar-refractivity contribution < 1.29 is 14.3 Å². The van der Waals surface area contributed by atoms with Crippen molar-refractivity contribution in [3.63, 3.8) is 0 Å². The van der Waals surface area contributed by atoms with Crippen molar-refractivity contribution in [1.82, 2.24) is 4.90 Å². The Morgan fingerprint density at radius 2 is 1.55 bits per heavy atom. The van der Waals surface area contributed by atoms with Crippen LogP contribution in [0.1, 0.15) is 39.0 Å². The number of carbonyl (C=O) groups excluding carboxylic acids is 2. The second-order valence-corrected chi connectivity index (χ2v) is 9.13. The summed E-state index contributed by atoms with van der Waals surface area (Å²) in [6.45, 7) is 5.97. The van der Waals surface area contributed by atoms with Crippen LogP contribution in [0.5, 0.6) is 5.75 Å². The second-order valence-electron chi connectivity index (χ2n) is 8.69. The van der Waals surface area contributed by atoms with E-state index >= 15 is 0 Å². The SMILES string of the molecule is CCCCCCOc1ccc(N2C(=O)C[C@@H](N3CCN(c4ccc(Cl)cc4)CC3)C2=O)cc1. The molecule has 0 radical (unpaired) electrons. The Labute approximate surface area is 201 Å². The highest BCUT2D eigenvalue weighted by Gasteiger charge is 2.43. The van der Waals surface area contributed by atoms with Gasteiger partial charge in [-0.15, -0.1) is 0 Å². The molecule has 0 N–H and O–H groups in total. The van der Waals surface area contributed by atoms with E-state index < -0.39 is 0 Å². The molecule has 2 saturated heterocycles. The summed E-state index contributed by atoms with van der Waals surface area (Å²) in [7, 11) is 0. The number of nitrogens with zero attached hydrogens (tertiary/aromatic N) is 3. The first-order valence-corrected chi connectivity index (χ1v) is 12.3. The van der Waals surface area contributed by atoms with Crippen molar-refractivity contribution >= 4 is 34.8 Å². The number of anilines is 2. The molecule has 0 unspecified atom stereocenters. The van der Waals surface area contributed by atoms with E-state index in [1.165, 1.54) is 24.2 Å². The maximum atomic E-state index is 13.2. The van der Waals surface area contributed by atoms with Crippen LogP contribution in [0.4, 0.5) is 11.4 Å². The van der Waals surface area contributed by atoms with E-state index in [1.54, 1.807) is 12.1 Å². The van der Waals surface area contributed by atoms with Crippen LogP contribution in [0.3, 0.4) is 0 Å². The number of unbranched alkanes of at least 4 members (excludes halogenated alkanes) is 3. The van der Waals surface area contributed by atoms with Crippen LogP contribution >= 0.6 is 11.6 Å². The van der Waals surface area contributed by atoms with Crippen LogP contribution in [-0.2, 0) is 9.59 Å². The molecule has 2 aromatic carbocycles. The van der Waals surface area contributed by atoms with E-state index in [9.17, 15) is 9.59 Å². The lowest BCUT2D eigenvalue weighted by molar-refractivity contribution is -0.123. The lowest BCUT2D eigenvalue weighted by Gasteiger charge is -2.38. The topological polar surface area (TPSA) is 53.1 Å². The third-order valence-electron chi connectivity index (χ3n) is 6.43. The molecule has 176 valence electrons. The second kappa shape index (κ2) is 11.0. The number of ether oxygens (including phenoxy) is 1. The molecule has 0 aliphatic carbocycles. The van der Waals surface area contributed by atoms with Gasteiger partial charge in [0.05, 0.1) is 24.8 Å². The van der Waals surface area contributed by atoms with Gasteiger partial charge in [-0.25, -0.2) is 4.90 Å². The lowest BCUT2D eigenvalue weighted by Crippen LogP contribution is -2.52. The summed E-state index contributed by atoms with van der Waals surface area (Å²) < 4.78 is 5.78. The number of rotatable bonds is 9. The van der Waals surface area contributed by atoms with Gasteiger partial charge in [0.15, 0.2) is 0 Å². The van der Waals surface area contributed by atoms with Gasteiger partial charge in [-0.2, -0.15) is 0 Å². The zero-order chi connectivity index (χ0) is 23.2. The highest BCUT2D eigenvalue weighted by molar-refractivity contribution is 6.30. The number of halogens is 1. The number of imide groups is 1. The van der Waals surface area contributed by atoms with E-state index in [2.05, 4.69) is 16.7 Å². The molecule has 0 saturated carbocycles. The summed E-state index contributed by atoms with van der Waals surface area (Å²) >= 11 is 5.99. The Hall–Kier alpha value is -2.57. The number of benzene rings is 2. The fraction of sp³-hybridized carbons (Fsp3) is 0.462. The van der Waals surface area contributed by atoms with Crippen molar-refractivity contribution in [2.45, 2.75) is 45.1 Å². The number of carbonyl (C=O) groups is 2. The molecule has 2 heterocycles. The standard InChI is InChI=1S/C26H32ClN3O3/c1-2-3-4-5-18-33-23-12-10-22(11-13-23)30-25(31)19-24(26(30)32)29-16-14-28(15-17-29)21-8-6-20(27)7-9-21/h6-13,24H,2-5,14-19H2,1H3/t24-/m1/s1. The van der Waals surface area contributed by atoms with Crippen LogP contribution < -0.4 is 14.5 Å². The first kappa shape index (κ1) is 23.6. The van der Waals surface area contributed by atoms with Gasteiger partial charge in [-0.05, 0) is 55.0 Å². The molecule has 0 aromatic heterocycles. The average Bonchev–Trinajstić information content (AvgIpc) is 3.14. The summed E-state index contributed by atoms with van der Waals surface area (Å²) in [6, 6.07) is 14.7. The number of piperazine rings is 1. The van der Waals surface area contributed by atoms with Crippen molar-refractivity contribution in [1.29, 1.82) is 0 Å². The maximum absolute atomic E-state index is 13.2.